The molecule has 0 amide bonds. The van der Waals surface area contributed by atoms with Crippen LogP contribution in [0.1, 0.15) is 33.6 Å². The van der Waals surface area contributed by atoms with Gasteiger partial charge in [-0.1, -0.05) is 13.8 Å². The van der Waals surface area contributed by atoms with Gasteiger partial charge in [0.25, 0.3) is 0 Å². The molecule has 0 rings (SSSR count). The van der Waals surface area contributed by atoms with Gasteiger partial charge in [-0.2, -0.15) is 0 Å². The van der Waals surface area contributed by atoms with Crippen molar-refractivity contribution >= 4 is 12.1 Å². The van der Waals surface area contributed by atoms with E-state index in [9.17, 15) is 9.59 Å². The number of hydrogen-bond acceptors (Lipinski definition) is 3. The SMILES string of the molecule is CCN(CC)C(CCC=O)C(C)=O. The maximum atomic E-state index is 11.3. The Hall–Kier alpha value is -0.700. The van der Waals surface area contributed by atoms with Crippen molar-refractivity contribution in [1.29, 1.82) is 0 Å². The Morgan fingerprint density at radius 1 is 1.38 bits per heavy atom. The van der Waals surface area contributed by atoms with Crippen LogP contribution in [-0.4, -0.2) is 36.1 Å². The van der Waals surface area contributed by atoms with Gasteiger partial charge in [0.05, 0.1) is 6.04 Å². The van der Waals surface area contributed by atoms with E-state index in [-0.39, 0.29) is 11.8 Å². The lowest BCUT2D eigenvalue weighted by Crippen LogP contribution is -2.39. The molecule has 0 aromatic heterocycles. The molecule has 0 aliphatic heterocycles. The molecule has 3 nitrogen and oxygen atoms in total. The van der Waals surface area contributed by atoms with Crippen molar-refractivity contribution in [3.63, 3.8) is 0 Å². The Morgan fingerprint density at radius 2 is 1.92 bits per heavy atom. The number of Topliss-reactive ketones (excluding diaryl/α,β-unsaturated/α-hetero) is 1. The minimum Gasteiger partial charge on any atom is -0.303 e. The summed E-state index contributed by atoms with van der Waals surface area (Å²) in [4.78, 5) is 23.5. The molecule has 76 valence electrons. The summed E-state index contributed by atoms with van der Waals surface area (Å²) in [6.45, 7) is 7.37. The molecule has 0 aromatic rings. The van der Waals surface area contributed by atoms with Gasteiger partial charge in [0, 0.05) is 6.42 Å². The van der Waals surface area contributed by atoms with Gasteiger partial charge in [0.1, 0.15) is 12.1 Å². The molecule has 0 spiro atoms. The number of ketones is 1. The first-order valence-corrected chi connectivity index (χ1v) is 4.85. The number of rotatable bonds is 7. The van der Waals surface area contributed by atoms with Crippen LogP contribution in [-0.2, 0) is 9.59 Å². The van der Waals surface area contributed by atoms with Crippen LogP contribution >= 0.6 is 0 Å². The second-order valence-electron chi connectivity index (χ2n) is 3.09. The lowest BCUT2D eigenvalue weighted by Gasteiger charge is -2.26. The summed E-state index contributed by atoms with van der Waals surface area (Å²) in [5, 5.41) is 0. The van der Waals surface area contributed by atoms with Gasteiger partial charge in [-0.25, -0.2) is 0 Å². The van der Waals surface area contributed by atoms with Crippen LogP contribution in [0.15, 0.2) is 0 Å². The Morgan fingerprint density at radius 3 is 2.23 bits per heavy atom. The van der Waals surface area contributed by atoms with Gasteiger partial charge in [-0.15, -0.1) is 0 Å². The van der Waals surface area contributed by atoms with Crippen LogP contribution in [0.25, 0.3) is 0 Å². The summed E-state index contributed by atoms with van der Waals surface area (Å²) in [7, 11) is 0. The first kappa shape index (κ1) is 12.3. The van der Waals surface area contributed by atoms with E-state index in [1.807, 2.05) is 13.8 Å². The lowest BCUT2D eigenvalue weighted by atomic mass is 10.1. The summed E-state index contributed by atoms with van der Waals surface area (Å²) >= 11 is 0. The molecule has 0 aliphatic rings. The van der Waals surface area contributed by atoms with E-state index in [0.29, 0.717) is 12.8 Å². The van der Waals surface area contributed by atoms with Crippen molar-refractivity contribution in [2.45, 2.75) is 39.7 Å². The Bertz CT molecular complexity index is 164. The van der Waals surface area contributed by atoms with Gasteiger partial charge in [0.2, 0.25) is 0 Å². The highest BCUT2D eigenvalue weighted by Gasteiger charge is 2.19. The third-order valence-corrected chi connectivity index (χ3v) is 2.28. The van der Waals surface area contributed by atoms with E-state index in [1.165, 1.54) is 0 Å². The maximum Gasteiger partial charge on any atom is 0.146 e. The fraction of sp³-hybridized carbons (Fsp3) is 0.800. The number of carbonyl (C=O) groups excluding carboxylic acids is 2. The van der Waals surface area contributed by atoms with Crippen LogP contribution in [0.5, 0.6) is 0 Å². The van der Waals surface area contributed by atoms with Gasteiger partial charge >= 0.3 is 0 Å². The molecule has 1 atom stereocenters. The van der Waals surface area contributed by atoms with Crippen molar-refractivity contribution in [2.75, 3.05) is 13.1 Å². The van der Waals surface area contributed by atoms with E-state index < -0.39 is 0 Å². The fourth-order valence-electron chi connectivity index (χ4n) is 1.53. The van der Waals surface area contributed by atoms with Crippen molar-refractivity contribution < 1.29 is 9.59 Å². The topological polar surface area (TPSA) is 37.4 Å². The van der Waals surface area contributed by atoms with Gasteiger partial charge in [-0.05, 0) is 26.4 Å². The van der Waals surface area contributed by atoms with E-state index in [1.54, 1.807) is 6.92 Å². The Kier molecular flexibility index (Phi) is 6.41. The molecule has 0 heterocycles. The van der Waals surface area contributed by atoms with Crippen molar-refractivity contribution in [1.82, 2.24) is 4.90 Å². The molecule has 13 heavy (non-hydrogen) atoms. The fourth-order valence-corrected chi connectivity index (χ4v) is 1.53. The molecule has 0 bridgehead atoms. The minimum atomic E-state index is -0.0693. The zero-order valence-electron chi connectivity index (χ0n) is 8.75. The first-order valence-electron chi connectivity index (χ1n) is 4.85. The van der Waals surface area contributed by atoms with Crippen molar-refractivity contribution in [3.05, 3.63) is 0 Å². The molecule has 0 saturated carbocycles. The second kappa shape index (κ2) is 6.78. The van der Waals surface area contributed by atoms with E-state index >= 15 is 0 Å². The molecule has 0 fully saturated rings. The quantitative estimate of drug-likeness (QED) is 0.560. The Balaban J connectivity index is 4.20. The Labute approximate surface area is 80.1 Å². The smallest absolute Gasteiger partial charge is 0.146 e. The normalized spacial score (nSPS) is 12.9. The second-order valence-corrected chi connectivity index (χ2v) is 3.09. The summed E-state index contributed by atoms with van der Waals surface area (Å²) in [5.74, 6) is 0.158. The number of nitrogens with zero attached hydrogens (tertiary/aromatic N) is 1. The average Bonchev–Trinajstić information content (AvgIpc) is 2.11. The molecule has 3 heteroatoms. The predicted molar refractivity (Wildman–Crippen MR) is 52.7 cm³/mol. The van der Waals surface area contributed by atoms with Crippen LogP contribution in [0, 0.1) is 0 Å². The summed E-state index contributed by atoms with van der Waals surface area (Å²) in [6, 6.07) is -0.0693. The average molecular weight is 185 g/mol. The van der Waals surface area contributed by atoms with Crippen LogP contribution in [0.2, 0.25) is 0 Å². The summed E-state index contributed by atoms with van der Waals surface area (Å²) in [6.07, 6.45) is 2.00. The molecule has 1 unspecified atom stereocenters. The molecular formula is C10H19NO2. The highest BCUT2D eigenvalue weighted by molar-refractivity contribution is 5.81. The molecule has 0 radical (unpaired) electrons. The number of carbonyl (C=O) groups is 2. The highest BCUT2D eigenvalue weighted by Crippen LogP contribution is 2.07. The van der Waals surface area contributed by atoms with E-state index in [2.05, 4.69) is 4.90 Å². The van der Waals surface area contributed by atoms with Crippen molar-refractivity contribution in [3.8, 4) is 0 Å². The summed E-state index contributed by atoms with van der Waals surface area (Å²) in [5.41, 5.74) is 0. The van der Waals surface area contributed by atoms with Crippen LogP contribution < -0.4 is 0 Å². The standard InChI is InChI=1S/C10H19NO2/c1-4-11(5-2)10(9(3)13)7-6-8-12/h8,10H,4-7H2,1-3H3. The van der Waals surface area contributed by atoms with E-state index in [0.717, 1.165) is 19.4 Å². The summed E-state index contributed by atoms with van der Waals surface area (Å²) < 4.78 is 0. The van der Waals surface area contributed by atoms with Crippen LogP contribution in [0.4, 0.5) is 0 Å². The molecule has 0 saturated heterocycles. The van der Waals surface area contributed by atoms with E-state index in [4.69, 9.17) is 0 Å². The minimum absolute atomic E-state index is 0.0693. The zero-order chi connectivity index (χ0) is 10.3. The van der Waals surface area contributed by atoms with Gasteiger partial charge in [-0.3, -0.25) is 9.69 Å². The number of aldehydes is 1. The molecule has 0 aliphatic carbocycles. The predicted octanol–water partition coefficient (Wildman–Crippen LogP) is 1.26. The third-order valence-electron chi connectivity index (χ3n) is 2.28. The molecule has 0 N–H and O–H groups in total. The largest absolute Gasteiger partial charge is 0.303 e. The lowest BCUT2D eigenvalue weighted by molar-refractivity contribution is -0.122. The third kappa shape index (κ3) is 4.18. The van der Waals surface area contributed by atoms with Gasteiger partial charge < -0.3 is 4.79 Å². The number of hydrogen-bond donors (Lipinski definition) is 0. The zero-order valence-corrected chi connectivity index (χ0v) is 8.75. The monoisotopic (exact) mass is 185 g/mol. The highest BCUT2D eigenvalue weighted by atomic mass is 16.1. The first-order chi connectivity index (χ1) is 6.17. The van der Waals surface area contributed by atoms with Crippen molar-refractivity contribution in [2.24, 2.45) is 0 Å². The maximum absolute atomic E-state index is 11.3. The van der Waals surface area contributed by atoms with Crippen LogP contribution in [0.3, 0.4) is 0 Å². The molecule has 0 aromatic carbocycles. The molecular weight excluding hydrogens is 166 g/mol. The number of likely N-dealkylation sites (N-methyl/N-ethyl adjacent to an activating group) is 1. The van der Waals surface area contributed by atoms with Gasteiger partial charge in [0.15, 0.2) is 0 Å².